The molecule has 0 aliphatic heterocycles. The first-order valence-electron chi connectivity index (χ1n) is 7.82. The molecule has 0 saturated heterocycles. The van der Waals surface area contributed by atoms with Gasteiger partial charge in [-0.3, -0.25) is 4.79 Å². The van der Waals surface area contributed by atoms with Gasteiger partial charge in [0, 0.05) is 12.8 Å². The Hall–Kier alpha value is -1.71. The van der Waals surface area contributed by atoms with E-state index in [-0.39, 0.29) is 5.97 Å². The maximum atomic E-state index is 11.1. The summed E-state index contributed by atoms with van der Waals surface area (Å²) in [6, 6.07) is 0. The van der Waals surface area contributed by atoms with E-state index in [2.05, 4.69) is 55.9 Å². The van der Waals surface area contributed by atoms with Crippen LogP contribution in [0.1, 0.15) is 33.1 Å². The topological polar surface area (TPSA) is 26.3 Å². The number of rotatable bonds is 6. The van der Waals surface area contributed by atoms with E-state index < -0.39 is 8.07 Å². The van der Waals surface area contributed by atoms with Crippen molar-refractivity contribution < 1.29 is 9.53 Å². The lowest BCUT2D eigenvalue weighted by molar-refractivity contribution is -0.142. The summed E-state index contributed by atoms with van der Waals surface area (Å²) < 4.78 is 4.82. The summed E-state index contributed by atoms with van der Waals surface area (Å²) in [5, 5.41) is 0. The largest absolute Gasteiger partial charge is 0.466 e. The molecule has 0 bridgehead atoms. The van der Waals surface area contributed by atoms with Crippen molar-refractivity contribution >= 4 is 14.0 Å². The summed E-state index contributed by atoms with van der Waals surface area (Å²) >= 11 is 0. The van der Waals surface area contributed by atoms with Crippen molar-refractivity contribution in [2.24, 2.45) is 5.92 Å². The Morgan fingerprint density at radius 3 is 2.59 bits per heavy atom. The summed E-state index contributed by atoms with van der Waals surface area (Å²) in [5.41, 5.74) is 3.37. The average molecular weight is 317 g/mol. The zero-order valence-electron chi connectivity index (χ0n) is 14.5. The first kappa shape index (κ1) is 20.3. The van der Waals surface area contributed by atoms with Gasteiger partial charge in [-0.15, -0.1) is 11.5 Å². The van der Waals surface area contributed by atoms with Crippen LogP contribution in [0.4, 0.5) is 0 Å². The molecule has 0 aliphatic carbocycles. The fourth-order valence-corrected chi connectivity index (χ4v) is 2.06. The van der Waals surface area contributed by atoms with Crippen molar-refractivity contribution in [1.29, 1.82) is 0 Å². The fourth-order valence-electron chi connectivity index (χ4n) is 1.43. The SMILES string of the molecule is CCOC(=O)CCC#C/C=C/C=C/[C@H](C)CC#C[Si](C)(C)C. The van der Waals surface area contributed by atoms with Crippen LogP contribution in [0.5, 0.6) is 0 Å². The van der Waals surface area contributed by atoms with E-state index in [0.717, 1.165) is 6.42 Å². The Balaban J connectivity index is 3.97. The first-order valence-corrected chi connectivity index (χ1v) is 11.3. The minimum absolute atomic E-state index is 0.186. The van der Waals surface area contributed by atoms with E-state index in [1.165, 1.54) is 0 Å². The maximum absolute atomic E-state index is 11.1. The zero-order valence-corrected chi connectivity index (χ0v) is 15.5. The van der Waals surface area contributed by atoms with Crippen molar-refractivity contribution in [3.05, 3.63) is 24.3 Å². The molecule has 0 aliphatic rings. The second kappa shape index (κ2) is 11.9. The molecule has 0 amide bonds. The molecule has 2 nitrogen and oxygen atoms in total. The molecule has 120 valence electrons. The molecule has 1 atom stereocenters. The fraction of sp³-hybridized carbons (Fsp3) is 0.526. The molecule has 0 aromatic heterocycles. The van der Waals surface area contributed by atoms with Crippen molar-refractivity contribution in [1.82, 2.24) is 0 Å². The Morgan fingerprint density at radius 2 is 1.95 bits per heavy atom. The van der Waals surface area contributed by atoms with E-state index in [4.69, 9.17) is 4.74 Å². The van der Waals surface area contributed by atoms with Crippen molar-refractivity contribution in [3.8, 4) is 23.3 Å². The third kappa shape index (κ3) is 14.7. The summed E-state index contributed by atoms with van der Waals surface area (Å²) in [6.07, 6.45) is 9.64. The van der Waals surface area contributed by atoms with Crippen LogP contribution >= 0.6 is 0 Å². The van der Waals surface area contributed by atoms with Crippen LogP contribution in [0.3, 0.4) is 0 Å². The molecule has 0 saturated carbocycles. The van der Waals surface area contributed by atoms with Crippen LogP contribution in [0.15, 0.2) is 24.3 Å². The van der Waals surface area contributed by atoms with Gasteiger partial charge in [0.15, 0.2) is 0 Å². The number of hydrogen-bond acceptors (Lipinski definition) is 2. The van der Waals surface area contributed by atoms with E-state index >= 15 is 0 Å². The normalized spacial score (nSPS) is 12.4. The summed E-state index contributed by atoms with van der Waals surface area (Å²) in [5.74, 6) is 9.37. The van der Waals surface area contributed by atoms with E-state index in [1.54, 1.807) is 13.0 Å². The van der Waals surface area contributed by atoms with Gasteiger partial charge in [-0.05, 0) is 18.9 Å². The molecular weight excluding hydrogens is 288 g/mol. The molecule has 0 radical (unpaired) electrons. The predicted molar refractivity (Wildman–Crippen MR) is 96.8 cm³/mol. The highest BCUT2D eigenvalue weighted by Crippen LogP contribution is 2.04. The molecule has 22 heavy (non-hydrogen) atoms. The number of allylic oxidation sites excluding steroid dienone is 4. The Bertz CT molecular complexity index is 502. The third-order valence-corrected chi connectivity index (χ3v) is 3.41. The highest BCUT2D eigenvalue weighted by molar-refractivity contribution is 6.83. The van der Waals surface area contributed by atoms with Gasteiger partial charge in [0.25, 0.3) is 0 Å². The Kier molecular flexibility index (Phi) is 11.0. The number of esters is 1. The summed E-state index contributed by atoms with van der Waals surface area (Å²) in [7, 11) is -1.24. The third-order valence-electron chi connectivity index (χ3n) is 2.48. The Morgan fingerprint density at radius 1 is 1.23 bits per heavy atom. The quantitative estimate of drug-likeness (QED) is 0.315. The summed E-state index contributed by atoms with van der Waals surface area (Å²) in [4.78, 5) is 11.1. The van der Waals surface area contributed by atoms with Crippen LogP contribution in [-0.2, 0) is 9.53 Å². The molecule has 0 spiro atoms. The highest BCUT2D eigenvalue weighted by Gasteiger charge is 2.07. The minimum atomic E-state index is -1.24. The molecule has 0 fully saturated rings. The second-order valence-electron chi connectivity index (χ2n) is 6.10. The van der Waals surface area contributed by atoms with Crippen molar-refractivity contribution in [2.45, 2.75) is 52.8 Å². The van der Waals surface area contributed by atoms with Crippen LogP contribution < -0.4 is 0 Å². The van der Waals surface area contributed by atoms with Gasteiger partial charge in [0.2, 0.25) is 0 Å². The van der Waals surface area contributed by atoms with Crippen molar-refractivity contribution in [3.63, 3.8) is 0 Å². The molecule has 0 rings (SSSR count). The number of ether oxygens (including phenoxy) is 1. The van der Waals surface area contributed by atoms with Crippen LogP contribution in [-0.4, -0.2) is 20.7 Å². The molecule has 0 N–H and O–H groups in total. The van der Waals surface area contributed by atoms with Crippen molar-refractivity contribution in [2.75, 3.05) is 6.61 Å². The van der Waals surface area contributed by atoms with Gasteiger partial charge in [-0.25, -0.2) is 0 Å². The van der Waals surface area contributed by atoms with E-state index in [1.807, 2.05) is 12.2 Å². The van der Waals surface area contributed by atoms with Crippen LogP contribution in [0, 0.1) is 29.2 Å². The lowest BCUT2D eigenvalue weighted by atomic mass is 10.1. The maximum Gasteiger partial charge on any atom is 0.306 e. The first-order chi connectivity index (χ1) is 10.3. The van der Waals surface area contributed by atoms with Gasteiger partial charge in [-0.1, -0.05) is 56.6 Å². The molecule has 0 aromatic carbocycles. The predicted octanol–water partition coefficient (Wildman–Crippen LogP) is 4.35. The minimum Gasteiger partial charge on any atom is -0.466 e. The van der Waals surface area contributed by atoms with E-state index in [0.29, 0.717) is 25.4 Å². The van der Waals surface area contributed by atoms with Gasteiger partial charge in [0.1, 0.15) is 8.07 Å². The van der Waals surface area contributed by atoms with Gasteiger partial charge >= 0.3 is 5.97 Å². The smallest absolute Gasteiger partial charge is 0.306 e. The molecule has 0 unspecified atom stereocenters. The van der Waals surface area contributed by atoms with Gasteiger partial charge in [-0.2, -0.15) is 0 Å². The number of carbonyl (C=O) groups is 1. The number of hydrogen-bond donors (Lipinski definition) is 0. The lowest BCUT2D eigenvalue weighted by Gasteiger charge is -2.04. The second-order valence-corrected chi connectivity index (χ2v) is 10.9. The molecule has 0 aromatic rings. The Labute approximate surface area is 137 Å². The summed E-state index contributed by atoms with van der Waals surface area (Å²) in [6.45, 7) is 11.2. The lowest BCUT2D eigenvalue weighted by Crippen LogP contribution is -2.16. The van der Waals surface area contributed by atoms with Gasteiger partial charge < -0.3 is 4.74 Å². The standard InChI is InChI=1S/C19H28O2Si/c1-6-21-19(20)16-12-10-8-7-9-11-14-18(2)15-13-17-22(3,4)5/h7,9,11,14,18H,6,12,15-16H2,1-5H3/b9-7+,14-11+/t18-/m0/s1. The highest BCUT2D eigenvalue weighted by atomic mass is 28.3. The molecule has 3 heteroatoms. The molecular formula is C19H28O2Si. The number of carbonyl (C=O) groups excluding carboxylic acids is 1. The monoisotopic (exact) mass is 316 g/mol. The van der Waals surface area contributed by atoms with Crippen LogP contribution in [0.2, 0.25) is 19.6 Å². The molecule has 0 heterocycles. The van der Waals surface area contributed by atoms with E-state index in [9.17, 15) is 4.79 Å². The van der Waals surface area contributed by atoms with Crippen LogP contribution in [0.25, 0.3) is 0 Å². The zero-order chi connectivity index (χ0) is 16.8. The average Bonchev–Trinajstić information content (AvgIpc) is 2.40. The van der Waals surface area contributed by atoms with Gasteiger partial charge in [0.05, 0.1) is 13.0 Å².